The Labute approximate surface area is 134 Å². The van der Waals surface area contributed by atoms with Crippen molar-refractivity contribution in [1.82, 2.24) is 4.57 Å². The smallest absolute Gasteiger partial charge is 0.341 e. The molecular weight excluding hydrogens is 294 g/mol. The van der Waals surface area contributed by atoms with Crippen LogP contribution >= 0.6 is 0 Å². The number of anilines is 1. The molecule has 0 radical (unpaired) electrons. The minimum Gasteiger partial charge on any atom is -0.477 e. The highest BCUT2D eigenvalue weighted by Gasteiger charge is 2.21. The summed E-state index contributed by atoms with van der Waals surface area (Å²) in [4.78, 5) is 25.9. The van der Waals surface area contributed by atoms with Crippen molar-refractivity contribution in [3.05, 3.63) is 40.2 Å². The van der Waals surface area contributed by atoms with Crippen molar-refractivity contribution in [2.75, 3.05) is 18.0 Å². The van der Waals surface area contributed by atoms with Gasteiger partial charge >= 0.3 is 5.97 Å². The molecule has 1 aliphatic rings. The van der Waals surface area contributed by atoms with Crippen LogP contribution in [0.5, 0.6) is 0 Å². The summed E-state index contributed by atoms with van der Waals surface area (Å²) in [7, 11) is 0. The van der Waals surface area contributed by atoms with Gasteiger partial charge in [0.05, 0.1) is 5.52 Å². The van der Waals surface area contributed by atoms with Gasteiger partial charge < -0.3 is 20.3 Å². The molecule has 2 aromatic rings. The van der Waals surface area contributed by atoms with Crippen molar-refractivity contribution in [3.63, 3.8) is 0 Å². The van der Waals surface area contributed by atoms with Gasteiger partial charge in [-0.25, -0.2) is 4.79 Å². The summed E-state index contributed by atoms with van der Waals surface area (Å²) >= 11 is 0. The molecule has 3 rings (SSSR count). The van der Waals surface area contributed by atoms with Crippen LogP contribution in [0.25, 0.3) is 10.9 Å². The SMILES string of the molecule is CCCn1cc(C(=O)O)c(=O)c2ccc(N3CCC(N)C3)cc21. The predicted molar refractivity (Wildman–Crippen MR) is 90.3 cm³/mol. The lowest BCUT2D eigenvalue weighted by Crippen LogP contribution is -2.26. The van der Waals surface area contributed by atoms with E-state index in [0.717, 1.165) is 37.1 Å². The fraction of sp³-hybridized carbons (Fsp3) is 0.412. The predicted octanol–water partition coefficient (Wildman–Crippen LogP) is 1.65. The Morgan fingerprint density at radius 1 is 1.43 bits per heavy atom. The Balaban J connectivity index is 2.17. The summed E-state index contributed by atoms with van der Waals surface area (Å²) in [5.74, 6) is -1.18. The Morgan fingerprint density at radius 3 is 2.83 bits per heavy atom. The number of hydrogen-bond donors (Lipinski definition) is 2. The molecule has 2 heterocycles. The van der Waals surface area contributed by atoms with Crippen LogP contribution in [-0.2, 0) is 6.54 Å². The molecule has 122 valence electrons. The summed E-state index contributed by atoms with van der Waals surface area (Å²) in [6.07, 6.45) is 3.27. The minimum atomic E-state index is -1.18. The fourth-order valence-corrected chi connectivity index (χ4v) is 3.18. The van der Waals surface area contributed by atoms with Crippen molar-refractivity contribution in [1.29, 1.82) is 0 Å². The molecule has 23 heavy (non-hydrogen) atoms. The number of aromatic carboxylic acids is 1. The molecule has 1 unspecified atom stereocenters. The summed E-state index contributed by atoms with van der Waals surface area (Å²) < 4.78 is 1.86. The Bertz CT molecular complexity index is 813. The lowest BCUT2D eigenvalue weighted by atomic mass is 10.1. The summed E-state index contributed by atoms with van der Waals surface area (Å²) in [5, 5.41) is 9.69. The van der Waals surface area contributed by atoms with E-state index < -0.39 is 11.4 Å². The Kier molecular flexibility index (Phi) is 4.09. The summed E-state index contributed by atoms with van der Waals surface area (Å²) in [6.45, 7) is 4.39. The van der Waals surface area contributed by atoms with E-state index >= 15 is 0 Å². The normalized spacial score (nSPS) is 17.8. The number of rotatable bonds is 4. The maximum Gasteiger partial charge on any atom is 0.341 e. The number of carboxylic acid groups (broad SMARTS) is 1. The van der Waals surface area contributed by atoms with Gasteiger partial charge in [0, 0.05) is 42.9 Å². The van der Waals surface area contributed by atoms with Crippen molar-refractivity contribution < 1.29 is 9.90 Å². The van der Waals surface area contributed by atoms with Crippen LogP contribution < -0.4 is 16.1 Å². The average molecular weight is 315 g/mol. The summed E-state index contributed by atoms with van der Waals surface area (Å²) in [5.41, 5.74) is 7.17. The van der Waals surface area contributed by atoms with Crippen LogP contribution in [0, 0.1) is 0 Å². The molecule has 6 heteroatoms. The highest BCUT2D eigenvalue weighted by Crippen LogP contribution is 2.24. The van der Waals surface area contributed by atoms with Crippen LogP contribution in [0.15, 0.2) is 29.2 Å². The first kappa shape index (κ1) is 15.6. The summed E-state index contributed by atoms with van der Waals surface area (Å²) in [6, 6.07) is 5.76. The van der Waals surface area contributed by atoms with E-state index in [-0.39, 0.29) is 11.6 Å². The molecule has 1 aliphatic heterocycles. The number of benzene rings is 1. The Morgan fingerprint density at radius 2 is 2.22 bits per heavy atom. The average Bonchev–Trinajstić information content (AvgIpc) is 2.96. The minimum absolute atomic E-state index is 0.179. The molecule has 3 N–H and O–H groups in total. The molecule has 1 atom stereocenters. The number of fused-ring (bicyclic) bond motifs is 1. The van der Waals surface area contributed by atoms with E-state index in [2.05, 4.69) is 4.90 Å². The van der Waals surface area contributed by atoms with Gasteiger partial charge in [0.2, 0.25) is 5.43 Å². The molecule has 1 aromatic carbocycles. The second-order valence-corrected chi connectivity index (χ2v) is 6.07. The van der Waals surface area contributed by atoms with Crippen LogP contribution in [0.1, 0.15) is 30.1 Å². The highest BCUT2D eigenvalue weighted by molar-refractivity contribution is 5.93. The van der Waals surface area contributed by atoms with Gasteiger partial charge in [-0.1, -0.05) is 6.92 Å². The third-order valence-corrected chi connectivity index (χ3v) is 4.35. The first-order chi connectivity index (χ1) is 11.0. The highest BCUT2D eigenvalue weighted by atomic mass is 16.4. The van der Waals surface area contributed by atoms with Gasteiger partial charge in [-0.05, 0) is 31.0 Å². The van der Waals surface area contributed by atoms with Crippen LogP contribution in [0.4, 0.5) is 5.69 Å². The lowest BCUT2D eigenvalue weighted by molar-refractivity contribution is 0.0695. The van der Waals surface area contributed by atoms with Crippen LogP contribution in [-0.4, -0.2) is 34.8 Å². The zero-order valence-corrected chi connectivity index (χ0v) is 13.2. The molecule has 0 aliphatic carbocycles. The molecule has 0 spiro atoms. The van der Waals surface area contributed by atoms with Crippen molar-refractivity contribution in [3.8, 4) is 0 Å². The van der Waals surface area contributed by atoms with Gasteiger partial charge in [0.1, 0.15) is 5.56 Å². The number of carbonyl (C=O) groups is 1. The second-order valence-electron chi connectivity index (χ2n) is 6.07. The molecule has 1 saturated heterocycles. The quantitative estimate of drug-likeness (QED) is 0.895. The Hall–Kier alpha value is -2.34. The monoisotopic (exact) mass is 315 g/mol. The number of nitrogens with two attached hydrogens (primary N) is 1. The van der Waals surface area contributed by atoms with Crippen LogP contribution in [0.2, 0.25) is 0 Å². The first-order valence-corrected chi connectivity index (χ1v) is 7.92. The number of aryl methyl sites for hydroxylation is 1. The maximum absolute atomic E-state index is 12.4. The zero-order valence-electron chi connectivity index (χ0n) is 13.2. The molecule has 0 saturated carbocycles. The van der Waals surface area contributed by atoms with E-state index in [1.807, 2.05) is 23.6 Å². The van der Waals surface area contributed by atoms with E-state index in [9.17, 15) is 14.7 Å². The van der Waals surface area contributed by atoms with E-state index in [1.54, 1.807) is 6.07 Å². The maximum atomic E-state index is 12.4. The molecule has 0 bridgehead atoms. The van der Waals surface area contributed by atoms with Gasteiger partial charge in [0.25, 0.3) is 0 Å². The van der Waals surface area contributed by atoms with Gasteiger partial charge in [0.15, 0.2) is 0 Å². The number of aromatic nitrogens is 1. The van der Waals surface area contributed by atoms with Crippen molar-refractivity contribution >= 4 is 22.6 Å². The number of carboxylic acids is 1. The van der Waals surface area contributed by atoms with E-state index in [1.165, 1.54) is 6.20 Å². The van der Waals surface area contributed by atoms with Gasteiger partial charge in [-0.3, -0.25) is 4.79 Å². The number of nitrogens with zero attached hydrogens (tertiary/aromatic N) is 2. The zero-order chi connectivity index (χ0) is 16.6. The second kappa shape index (κ2) is 6.04. The molecular formula is C17H21N3O3. The standard InChI is InChI=1S/C17H21N3O3/c1-2-6-20-10-14(17(22)23)16(21)13-4-3-12(8-15(13)20)19-7-5-11(18)9-19/h3-4,8,10-11H,2,5-7,9,18H2,1H3,(H,22,23). The topological polar surface area (TPSA) is 88.6 Å². The molecule has 6 nitrogen and oxygen atoms in total. The molecule has 1 fully saturated rings. The van der Waals surface area contributed by atoms with Gasteiger partial charge in [-0.15, -0.1) is 0 Å². The van der Waals surface area contributed by atoms with Crippen molar-refractivity contribution in [2.24, 2.45) is 5.73 Å². The lowest BCUT2D eigenvalue weighted by Gasteiger charge is -2.20. The van der Waals surface area contributed by atoms with Gasteiger partial charge in [-0.2, -0.15) is 0 Å². The number of pyridine rings is 1. The number of hydrogen-bond acceptors (Lipinski definition) is 4. The van der Waals surface area contributed by atoms with E-state index in [4.69, 9.17) is 5.73 Å². The molecule has 1 aromatic heterocycles. The fourth-order valence-electron chi connectivity index (χ4n) is 3.18. The van der Waals surface area contributed by atoms with Crippen LogP contribution in [0.3, 0.4) is 0 Å². The third-order valence-electron chi connectivity index (χ3n) is 4.35. The molecule has 0 amide bonds. The third kappa shape index (κ3) is 2.82. The van der Waals surface area contributed by atoms with Crippen molar-refractivity contribution in [2.45, 2.75) is 32.4 Å². The van der Waals surface area contributed by atoms with E-state index in [0.29, 0.717) is 11.9 Å². The largest absolute Gasteiger partial charge is 0.477 e. The first-order valence-electron chi connectivity index (χ1n) is 7.92.